The van der Waals surface area contributed by atoms with Crippen LogP contribution < -0.4 is 20.0 Å². The summed E-state index contributed by atoms with van der Waals surface area (Å²) in [5, 5.41) is 15.1. The molecule has 26 heavy (non-hydrogen) atoms. The zero-order valence-corrected chi connectivity index (χ0v) is 15.2. The highest BCUT2D eigenvalue weighted by molar-refractivity contribution is 7.91. The number of sulfone groups is 1. The standard InChI is InChI=1S/C16H20N2O7S/c1-24-12-4-3-11(14(16(20)21)15(12)25-2)8-17-18-13(19)7-10-5-6-26(22,23)9-10/h3-4,8,10H,5-7,9H2,1-2H3,(H,18,19)(H,20,21)/p-1/b17-8-/t10-/m1/s1. The molecule has 2 rings (SSSR count). The second-order valence-electron chi connectivity index (χ2n) is 5.82. The molecule has 9 nitrogen and oxygen atoms in total. The molecule has 1 heterocycles. The van der Waals surface area contributed by atoms with E-state index in [1.807, 2.05) is 0 Å². The van der Waals surface area contributed by atoms with Crippen molar-refractivity contribution in [1.82, 2.24) is 5.43 Å². The van der Waals surface area contributed by atoms with Gasteiger partial charge >= 0.3 is 0 Å². The molecule has 0 aliphatic carbocycles. The summed E-state index contributed by atoms with van der Waals surface area (Å²) in [6.07, 6.45) is 1.64. The molecule has 0 unspecified atom stereocenters. The summed E-state index contributed by atoms with van der Waals surface area (Å²) in [6.45, 7) is 0. The van der Waals surface area contributed by atoms with Crippen molar-refractivity contribution in [2.45, 2.75) is 12.8 Å². The van der Waals surface area contributed by atoms with E-state index in [4.69, 9.17) is 9.47 Å². The topological polar surface area (TPSA) is 134 Å². The Kier molecular flexibility index (Phi) is 6.19. The monoisotopic (exact) mass is 383 g/mol. The first kappa shape index (κ1) is 19.7. The summed E-state index contributed by atoms with van der Waals surface area (Å²) in [4.78, 5) is 23.3. The van der Waals surface area contributed by atoms with Gasteiger partial charge in [0.05, 0.1) is 43.5 Å². The van der Waals surface area contributed by atoms with Gasteiger partial charge in [-0.25, -0.2) is 13.8 Å². The minimum absolute atomic E-state index is 0.00531. The van der Waals surface area contributed by atoms with Gasteiger partial charge < -0.3 is 19.4 Å². The number of nitrogens with zero attached hydrogens (tertiary/aromatic N) is 1. The second kappa shape index (κ2) is 8.17. The van der Waals surface area contributed by atoms with Crippen molar-refractivity contribution in [3.63, 3.8) is 0 Å². The van der Waals surface area contributed by atoms with Crippen molar-refractivity contribution < 1.29 is 32.6 Å². The number of amides is 1. The molecule has 1 aliphatic heterocycles. The molecule has 1 fully saturated rings. The van der Waals surface area contributed by atoms with Crippen molar-refractivity contribution in [3.8, 4) is 11.5 Å². The molecule has 1 aromatic carbocycles. The van der Waals surface area contributed by atoms with Crippen molar-refractivity contribution in [3.05, 3.63) is 23.3 Å². The quantitative estimate of drug-likeness (QED) is 0.488. The Morgan fingerprint density at radius 1 is 1.35 bits per heavy atom. The van der Waals surface area contributed by atoms with Gasteiger partial charge in [0.15, 0.2) is 21.3 Å². The smallest absolute Gasteiger partial charge is 0.240 e. The van der Waals surface area contributed by atoms with Crippen molar-refractivity contribution in [1.29, 1.82) is 0 Å². The van der Waals surface area contributed by atoms with Crippen molar-refractivity contribution >= 4 is 27.9 Å². The fraction of sp³-hybridized carbons (Fsp3) is 0.438. The number of carbonyl (C=O) groups excluding carboxylic acids is 2. The predicted octanol–water partition coefficient (Wildman–Crippen LogP) is -0.658. The molecule has 1 aliphatic rings. The minimum Gasteiger partial charge on any atom is -0.545 e. The van der Waals surface area contributed by atoms with Crippen LogP contribution in [0.5, 0.6) is 11.5 Å². The van der Waals surface area contributed by atoms with Gasteiger partial charge in [0.25, 0.3) is 0 Å². The van der Waals surface area contributed by atoms with Crippen molar-refractivity contribution in [2.24, 2.45) is 11.0 Å². The first-order valence-electron chi connectivity index (χ1n) is 7.76. The lowest BCUT2D eigenvalue weighted by atomic mass is 10.1. The number of aromatic carboxylic acids is 1. The molecule has 1 atom stereocenters. The summed E-state index contributed by atoms with van der Waals surface area (Å²) < 4.78 is 32.9. The number of rotatable bonds is 7. The summed E-state index contributed by atoms with van der Waals surface area (Å²) in [5.41, 5.74) is 2.17. The minimum atomic E-state index is -3.05. The molecule has 1 saturated heterocycles. The van der Waals surface area contributed by atoms with Crippen LogP contribution in [0.3, 0.4) is 0 Å². The first-order valence-corrected chi connectivity index (χ1v) is 9.58. The zero-order chi connectivity index (χ0) is 19.3. The van der Waals surface area contributed by atoms with Crippen LogP contribution in [0.25, 0.3) is 0 Å². The number of benzene rings is 1. The maximum absolute atomic E-state index is 11.8. The van der Waals surface area contributed by atoms with Crippen molar-refractivity contribution in [2.75, 3.05) is 25.7 Å². The molecule has 1 amide bonds. The van der Waals surface area contributed by atoms with E-state index in [1.165, 1.54) is 26.4 Å². The molecule has 1 aromatic rings. The zero-order valence-electron chi connectivity index (χ0n) is 14.4. The Hall–Kier alpha value is -2.62. The number of nitrogens with one attached hydrogen (secondary N) is 1. The third kappa shape index (κ3) is 4.72. The van der Waals surface area contributed by atoms with E-state index in [9.17, 15) is 23.1 Å². The number of carbonyl (C=O) groups is 2. The van der Waals surface area contributed by atoms with E-state index in [2.05, 4.69) is 10.5 Å². The molecular weight excluding hydrogens is 364 g/mol. The summed E-state index contributed by atoms with van der Waals surface area (Å²) in [6, 6.07) is 2.93. The van der Waals surface area contributed by atoms with Crippen LogP contribution in [-0.2, 0) is 14.6 Å². The Bertz CT molecular complexity index is 833. The Labute approximate surface area is 150 Å². The van der Waals surface area contributed by atoms with Gasteiger partial charge in [0, 0.05) is 12.0 Å². The van der Waals surface area contributed by atoms with E-state index < -0.39 is 21.7 Å². The molecule has 1 N–H and O–H groups in total. The van der Waals surface area contributed by atoms with Gasteiger partial charge in [-0.15, -0.1) is 0 Å². The molecule has 10 heteroatoms. The van der Waals surface area contributed by atoms with E-state index in [-0.39, 0.29) is 46.5 Å². The van der Waals surface area contributed by atoms with Gasteiger partial charge in [0.2, 0.25) is 5.91 Å². The number of ether oxygens (including phenoxy) is 2. The highest BCUT2D eigenvalue weighted by atomic mass is 32.2. The number of hydrogen-bond donors (Lipinski definition) is 1. The van der Waals surface area contributed by atoms with E-state index in [0.29, 0.717) is 6.42 Å². The van der Waals surface area contributed by atoms with Gasteiger partial charge in [-0.2, -0.15) is 5.10 Å². The van der Waals surface area contributed by atoms with Crippen LogP contribution in [0, 0.1) is 5.92 Å². The van der Waals surface area contributed by atoms with Crippen LogP contribution >= 0.6 is 0 Å². The van der Waals surface area contributed by atoms with E-state index in [1.54, 1.807) is 0 Å². The lowest BCUT2D eigenvalue weighted by Gasteiger charge is -2.15. The molecule has 0 spiro atoms. The molecular formula is C16H19N2O7S-. The van der Waals surface area contributed by atoms with Gasteiger partial charge in [-0.3, -0.25) is 4.79 Å². The lowest BCUT2D eigenvalue weighted by Crippen LogP contribution is -2.25. The second-order valence-corrected chi connectivity index (χ2v) is 8.05. The predicted molar refractivity (Wildman–Crippen MR) is 91.0 cm³/mol. The van der Waals surface area contributed by atoms with Crippen LogP contribution in [0.4, 0.5) is 0 Å². The molecule has 0 radical (unpaired) electrons. The highest BCUT2D eigenvalue weighted by Crippen LogP contribution is 2.32. The number of methoxy groups -OCH3 is 2. The van der Waals surface area contributed by atoms with Crippen LogP contribution in [0.2, 0.25) is 0 Å². The first-order chi connectivity index (χ1) is 12.3. The normalized spacial score (nSPS) is 18.6. The third-order valence-corrected chi connectivity index (χ3v) is 5.81. The average molecular weight is 383 g/mol. The number of carboxylic acids is 1. The molecule has 0 aromatic heterocycles. The maximum atomic E-state index is 11.8. The largest absolute Gasteiger partial charge is 0.545 e. The van der Waals surface area contributed by atoms with Gasteiger partial charge in [0.1, 0.15) is 0 Å². The SMILES string of the molecule is COc1ccc(/C=N\NC(=O)C[C@H]2CCS(=O)(=O)C2)c(C(=O)[O-])c1OC. The van der Waals surface area contributed by atoms with Crippen LogP contribution in [0.15, 0.2) is 17.2 Å². The van der Waals surface area contributed by atoms with Crippen LogP contribution in [-0.4, -0.2) is 52.2 Å². The highest BCUT2D eigenvalue weighted by Gasteiger charge is 2.29. The summed E-state index contributed by atoms with van der Waals surface area (Å²) >= 11 is 0. The lowest BCUT2D eigenvalue weighted by molar-refractivity contribution is -0.255. The van der Waals surface area contributed by atoms with Gasteiger partial charge in [-0.1, -0.05) is 0 Å². The Balaban J connectivity index is 2.08. The van der Waals surface area contributed by atoms with Crippen LogP contribution in [0.1, 0.15) is 28.8 Å². The number of carboxylic acid groups (broad SMARTS) is 1. The maximum Gasteiger partial charge on any atom is 0.240 e. The average Bonchev–Trinajstić information content (AvgIpc) is 2.92. The van der Waals surface area contributed by atoms with E-state index in [0.717, 1.165) is 6.21 Å². The number of hydrazone groups is 1. The number of hydrogen-bond acceptors (Lipinski definition) is 8. The molecule has 0 saturated carbocycles. The molecule has 142 valence electrons. The Morgan fingerprint density at radius 2 is 2.08 bits per heavy atom. The Morgan fingerprint density at radius 3 is 2.62 bits per heavy atom. The molecule has 0 bridgehead atoms. The third-order valence-electron chi connectivity index (χ3n) is 3.98. The van der Waals surface area contributed by atoms with Gasteiger partial charge in [-0.05, 0) is 24.5 Å². The summed E-state index contributed by atoms with van der Waals surface area (Å²) in [5.74, 6) is -1.86. The fourth-order valence-corrected chi connectivity index (χ4v) is 4.64. The fourth-order valence-electron chi connectivity index (χ4n) is 2.77. The van der Waals surface area contributed by atoms with E-state index >= 15 is 0 Å². The summed E-state index contributed by atoms with van der Waals surface area (Å²) in [7, 11) is -0.387.